The Hall–Kier alpha value is -5.80. The van der Waals surface area contributed by atoms with Gasteiger partial charge in [-0.25, -0.2) is 9.97 Å². The molecular weight excluding hydrogens is 595 g/mol. The molecule has 2 aliphatic carbocycles. The lowest BCUT2D eigenvalue weighted by Crippen LogP contribution is -2.17. The summed E-state index contributed by atoms with van der Waals surface area (Å²) in [7, 11) is 0. The number of nitrogens with zero attached hydrogens (tertiary/aromatic N) is 3. The molecule has 0 saturated heterocycles. The maximum absolute atomic E-state index is 5.48. The summed E-state index contributed by atoms with van der Waals surface area (Å²) in [5.41, 5.74) is 16.4. The monoisotopic (exact) mass is 629 g/mol. The molecule has 2 aromatic heterocycles. The molecule has 0 fully saturated rings. The van der Waals surface area contributed by atoms with Crippen molar-refractivity contribution in [3.63, 3.8) is 0 Å². The molecule has 0 bridgehead atoms. The van der Waals surface area contributed by atoms with Crippen LogP contribution in [-0.2, 0) is 10.8 Å². The first-order valence-corrected chi connectivity index (χ1v) is 17.2. The zero-order valence-corrected chi connectivity index (χ0v) is 28.1. The lowest BCUT2D eigenvalue weighted by atomic mass is 9.81. The number of rotatable bonds is 3. The van der Waals surface area contributed by atoms with Crippen molar-refractivity contribution in [3.8, 4) is 50.7 Å². The summed E-state index contributed by atoms with van der Waals surface area (Å²) >= 11 is 0. The van der Waals surface area contributed by atoms with E-state index in [0.29, 0.717) is 0 Å². The number of para-hydroxylation sites is 2. The van der Waals surface area contributed by atoms with Crippen LogP contribution in [0, 0.1) is 0 Å². The molecule has 8 aromatic rings. The highest BCUT2D eigenvalue weighted by Crippen LogP contribution is 2.53. The number of aromatic nitrogens is 3. The lowest BCUT2D eigenvalue weighted by Gasteiger charge is -2.24. The van der Waals surface area contributed by atoms with E-state index in [-0.39, 0.29) is 10.8 Å². The van der Waals surface area contributed by atoms with Gasteiger partial charge in [-0.1, -0.05) is 137 Å². The van der Waals surface area contributed by atoms with Crippen LogP contribution in [0.15, 0.2) is 140 Å². The molecule has 3 nitrogen and oxygen atoms in total. The van der Waals surface area contributed by atoms with Crippen LogP contribution in [0.1, 0.15) is 49.9 Å². The Balaban J connectivity index is 1.27. The Morgan fingerprint density at radius 1 is 0.449 bits per heavy atom. The minimum absolute atomic E-state index is 0.102. The third-order valence-electron chi connectivity index (χ3n) is 11.2. The van der Waals surface area contributed by atoms with E-state index in [1.807, 2.05) is 0 Å². The highest BCUT2D eigenvalue weighted by atomic mass is 15.0. The van der Waals surface area contributed by atoms with Crippen molar-refractivity contribution in [1.82, 2.24) is 14.5 Å². The van der Waals surface area contributed by atoms with Crippen molar-refractivity contribution in [2.75, 3.05) is 0 Å². The van der Waals surface area contributed by atoms with Crippen molar-refractivity contribution >= 4 is 21.8 Å². The first-order valence-electron chi connectivity index (χ1n) is 17.2. The number of benzene rings is 6. The summed E-state index contributed by atoms with van der Waals surface area (Å²) in [6, 6.07) is 50.6. The zero-order valence-electron chi connectivity index (χ0n) is 28.1. The SMILES string of the molecule is CC1(C)c2ccccc2-c2cc3c4ccccc4n(-c4ccccc4-c4nc(-c5ccccc5)c5c(n4)-c4ccccc4C5(C)C)c3cc21. The summed E-state index contributed by atoms with van der Waals surface area (Å²) in [6.45, 7) is 9.31. The molecule has 0 unspecified atom stereocenters. The largest absolute Gasteiger partial charge is 0.308 e. The van der Waals surface area contributed by atoms with Crippen molar-refractivity contribution in [2.45, 2.75) is 38.5 Å². The first kappa shape index (κ1) is 28.2. The van der Waals surface area contributed by atoms with Gasteiger partial charge in [-0.15, -0.1) is 0 Å². The summed E-state index contributed by atoms with van der Waals surface area (Å²) in [5, 5.41) is 2.50. The van der Waals surface area contributed by atoms with Crippen LogP contribution in [0.25, 0.3) is 72.5 Å². The van der Waals surface area contributed by atoms with Crippen LogP contribution in [-0.4, -0.2) is 14.5 Å². The molecule has 0 saturated carbocycles. The molecule has 0 amide bonds. The van der Waals surface area contributed by atoms with Crippen LogP contribution in [0.3, 0.4) is 0 Å². The van der Waals surface area contributed by atoms with E-state index in [1.165, 1.54) is 60.8 Å². The second-order valence-corrected chi connectivity index (χ2v) is 14.6. The van der Waals surface area contributed by atoms with Crippen LogP contribution in [0.2, 0.25) is 0 Å². The van der Waals surface area contributed by atoms with Gasteiger partial charge in [0.1, 0.15) is 0 Å². The summed E-state index contributed by atoms with van der Waals surface area (Å²) in [5.74, 6) is 0.737. The fourth-order valence-electron chi connectivity index (χ4n) is 8.82. The van der Waals surface area contributed by atoms with Gasteiger partial charge in [0.05, 0.1) is 28.1 Å². The van der Waals surface area contributed by atoms with Gasteiger partial charge in [-0.3, -0.25) is 0 Å². The van der Waals surface area contributed by atoms with Crippen molar-refractivity contribution in [3.05, 3.63) is 162 Å². The van der Waals surface area contributed by atoms with Gasteiger partial charge in [-0.2, -0.15) is 0 Å². The topological polar surface area (TPSA) is 30.7 Å². The average molecular weight is 630 g/mol. The molecule has 10 rings (SSSR count). The molecule has 0 radical (unpaired) electrons. The van der Waals surface area contributed by atoms with E-state index >= 15 is 0 Å². The minimum Gasteiger partial charge on any atom is -0.308 e. The number of hydrogen-bond donors (Lipinski definition) is 0. The molecule has 234 valence electrons. The van der Waals surface area contributed by atoms with Crippen molar-refractivity contribution < 1.29 is 0 Å². The van der Waals surface area contributed by atoms with E-state index in [9.17, 15) is 0 Å². The molecule has 2 aliphatic rings. The number of fused-ring (bicyclic) bond motifs is 9. The van der Waals surface area contributed by atoms with Gasteiger partial charge >= 0.3 is 0 Å². The van der Waals surface area contributed by atoms with Gasteiger partial charge in [0, 0.05) is 43.9 Å². The average Bonchev–Trinajstić information content (AvgIpc) is 3.67. The standard InChI is InChI=1S/C46H35N3/c1-45(2)35-22-12-8-18-29(35)33-26-34-30-19-10-14-24-38(30)49(40(34)27-37(33)45)39-25-15-11-21-32(39)44-47-42(28-16-6-5-7-17-28)41-43(48-44)31-20-9-13-23-36(31)46(41,3)4/h5-27H,1-4H3. The Labute approximate surface area is 286 Å². The van der Waals surface area contributed by atoms with Gasteiger partial charge in [0.2, 0.25) is 0 Å². The second kappa shape index (κ2) is 9.87. The number of hydrogen-bond acceptors (Lipinski definition) is 2. The van der Waals surface area contributed by atoms with Gasteiger partial charge < -0.3 is 4.57 Å². The molecule has 6 aromatic carbocycles. The van der Waals surface area contributed by atoms with E-state index in [0.717, 1.165) is 34.0 Å². The van der Waals surface area contributed by atoms with Gasteiger partial charge in [-0.05, 0) is 58.1 Å². The molecule has 0 atom stereocenters. The smallest absolute Gasteiger partial charge is 0.162 e. The third-order valence-corrected chi connectivity index (χ3v) is 11.2. The molecule has 3 heteroatoms. The normalized spacial score (nSPS) is 14.9. The lowest BCUT2D eigenvalue weighted by molar-refractivity contribution is 0.658. The Morgan fingerprint density at radius 3 is 1.86 bits per heavy atom. The molecule has 0 aliphatic heterocycles. The van der Waals surface area contributed by atoms with Crippen LogP contribution >= 0.6 is 0 Å². The minimum atomic E-state index is -0.229. The first-order chi connectivity index (χ1) is 23.8. The van der Waals surface area contributed by atoms with E-state index in [1.54, 1.807) is 0 Å². The second-order valence-electron chi connectivity index (χ2n) is 14.6. The van der Waals surface area contributed by atoms with E-state index in [2.05, 4.69) is 172 Å². The van der Waals surface area contributed by atoms with E-state index in [4.69, 9.17) is 9.97 Å². The van der Waals surface area contributed by atoms with E-state index < -0.39 is 0 Å². The zero-order chi connectivity index (χ0) is 33.1. The predicted molar refractivity (Wildman–Crippen MR) is 202 cm³/mol. The Kier molecular flexibility index (Phi) is 5.69. The maximum atomic E-state index is 5.48. The highest BCUT2D eigenvalue weighted by molar-refractivity contribution is 6.12. The third kappa shape index (κ3) is 3.79. The molecule has 0 spiro atoms. The summed E-state index contributed by atoms with van der Waals surface area (Å²) in [6.07, 6.45) is 0. The highest BCUT2D eigenvalue weighted by Gasteiger charge is 2.40. The molecular formula is C46H35N3. The van der Waals surface area contributed by atoms with Gasteiger partial charge in [0.15, 0.2) is 5.82 Å². The summed E-state index contributed by atoms with van der Waals surface area (Å²) in [4.78, 5) is 10.9. The Morgan fingerprint density at radius 2 is 1.06 bits per heavy atom. The molecule has 49 heavy (non-hydrogen) atoms. The maximum Gasteiger partial charge on any atom is 0.162 e. The quantitative estimate of drug-likeness (QED) is 0.195. The Bertz CT molecular complexity index is 2660. The van der Waals surface area contributed by atoms with Crippen LogP contribution in [0.5, 0.6) is 0 Å². The fraction of sp³-hybridized carbons (Fsp3) is 0.130. The van der Waals surface area contributed by atoms with Crippen LogP contribution < -0.4 is 0 Å². The van der Waals surface area contributed by atoms with Crippen molar-refractivity contribution in [2.24, 2.45) is 0 Å². The van der Waals surface area contributed by atoms with Gasteiger partial charge in [0.25, 0.3) is 0 Å². The van der Waals surface area contributed by atoms with Crippen LogP contribution in [0.4, 0.5) is 0 Å². The summed E-state index contributed by atoms with van der Waals surface area (Å²) < 4.78 is 2.44. The van der Waals surface area contributed by atoms with Crippen molar-refractivity contribution in [1.29, 1.82) is 0 Å². The molecule has 0 N–H and O–H groups in total. The fourth-order valence-corrected chi connectivity index (χ4v) is 8.82. The molecule has 2 heterocycles. The predicted octanol–water partition coefficient (Wildman–Crippen LogP) is 11.5.